The fraction of sp³-hybridized carbons (Fsp3) is 0.182. The molecular formula is C11H10ClNOS. The first kappa shape index (κ1) is 10.5. The molecule has 0 amide bonds. The van der Waals surface area contributed by atoms with E-state index in [1.807, 2.05) is 31.3 Å². The molecule has 0 unspecified atom stereocenters. The minimum atomic E-state index is 0.547. The third-order valence-corrected chi connectivity index (χ3v) is 2.99. The second-order valence-corrected chi connectivity index (χ2v) is 4.57. The molecule has 0 aliphatic carbocycles. The zero-order valence-electron chi connectivity index (χ0n) is 8.24. The van der Waals surface area contributed by atoms with Gasteiger partial charge in [-0.2, -0.15) is 0 Å². The van der Waals surface area contributed by atoms with Gasteiger partial charge in [-0.15, -0.1) is 11.3 Å². The summed E-state index contributed by atoms with van der Waals surface area (Å²) >= 11 is 7.47. The minimum Gasteiger partial charge on any atom is -0.488 e. The van der Waals surface area contributed by atoms with Crippen LogP contribution in [0.4, 0.5) is 0 Å². The normalized spacial score (nSPS) is 10.3. The van der Waals surface area contributed by atoms with Crippen LogP contribution in [0.15, 0.2) is 29.9 Å². The second kappa shape index (κ2) is 4.64. The first-order chi connectivity index (χ1) is 7.25. The van der Waals surface area contributed by atoms with Crippen molar-refractivity contribution in [2.24, 2.45) is 0 Å². The highest BCUT2D eigenvalue weighted by Crippen LogP contribution is 2.23. The molecular weight excluding hydrogens is 230 g/mol. The quantitative estimate of drug-likeness (QED) is 0.815. The maximum atomic E-state index is 5.89. The van der Waals surface area contributed by atoms with Crippen molar-refractivity contribution in [2.75, 3.05) is 0 Å². The van der Waals surface area contributed by atoms with Crippen LogP contribution in [0.3, 0.4) is 0 Å². The van der Waals surface area contributed by atoms with E-state index in [0.29, 0.717) is 11.6 Å². The summed E-state index contributed by atoms with van der Waals surface area (Å²) in [6, 6.07) is 5.64. The Labute approximate surface area is 97.5 Å². The van der Waals surface area contributed by atoms with Gasteiger partial charge >= 0.3 is 0 Å². The molecule has 0 aliphatic heterocycles. The van der Waals surface area contributed by atoms with Crippen molar-refractivity contribution >= 4 is 22.9 Å². The van der Waals surface area contributed by atoms with Crippen LogP contribution in [-0.4, -0.2) is 4.98 Å². The molecule has 0 N–H and O–H groups in total. The highest BCUT2D eigenvalue weighted by atomic mass is 35.5. The summed E-state index contributed by atoms with van der Waals surface area (Å²) < 4.78 is 5.65. The molecule has 0 saturated carbocycles. The Morgan fingerprint density at radius 1 is 1.47 bits per heavy atom. The summed E-state index contributed by atoms with van der Waals surface area (Å²) in [5, 5.41) is 0.694. The van der Waals surface area contributed by atoms with Crippen LogP contribution in [-0.2, 0) is 6.61 Å². The van der Waals surface area contributed by atoms with Crippen molar-refractivity contribution in [3.63, 3.8) is 0 Å². The van der Waals surface area contributed by atoms with Crippen LogP contribution in [0, 0.1) is 6.92 Å². The number of aromatic nitrogens is 1. The summed E-state index contributed by atoms with van der Waals surface area (Å²) in [5.41, 5.74) is 2.88. The van der Waals surface area contributed by atoms with Gasteiger partial charge in [0.15, 0.2) is 0 Å². The van der Waals surface area contributed by atoms with Crippen molar-refractivity contribution in [3.05, 3.63) is 45.4 Å². The number of hydrogen-bond acceptors (Lipinski definition) is 3. The van der Waals surface area contributed by atoms with Gasteiger partial charge < -0.3 is 4.74 Å². The average Bonchev–Trinajstić information content (AvgIpc) is 2.72. The van der Waals surface area contributed by atoms with E-state index >= 15 is 0 Å². The van der Waals surface area contributed by atoms with E-state index < -0.39 is 0 Å². The predicted molar refractivity (Wildman–Crippen MR) is 62.6 cm³/mol. The average molecular weight is 240 g/mol. The van der Waals surface area contributed by atoms with Crippen molar-refractivity contribution in [1.29, 1.82) is 0 Å². The molecule has 1 aromatic heterocycles. The van der Waals surface area contributed by atoms with Gasteiger partial charge in [0, 0.05) is 11.2 Å². The van der Waals surface area contributed by atoms with Gasteiger partial charge in [0.1, 0.15) is 12.4 Å². The molecule has 0 saturated heterocycles. The van der Waals surface area contributed by atoms with Crippen LogP contribution in [0.25, 0.3) is 0 Å². The first-order valence-corrected chi connectivity index (χ1v) is 5.78. The van der Waals surface area contributed by atoms with Crippen molar-refractivity contribution in [1.82, 2.24) is 4.98 Å². The van der Waals surface area contributed by atoms with Crippen LogP contribution in [0.5, 0.6) is 5.75 Å². The van der Waals surface area contributed by atoms with Crippen LogP contribution in [0.1, 0.15) is 10.4 Å². The van der Waals surface area contributed by atoms with E-state index in [0.717, 1.165) is 16.2 Å². The summed E-state index contributed by atoms with van der Waals surface area (Å²) in [6.45, 7) is 2.55. The molecule has 0 radical (unpaired) electrons. The lowest BCUT2D eigenvalue weighted by atomic mass is 10.2. The summed E-state index contributed by atoms with van der Waals surface area (Å²) in [5.74, 6) is 0.830. The number of aryl methyl sites for hydroxylation is 1. The zero-order valence-corrected chi connectivity index (χ0v) is 9.81. The highest BCUT2D eigenvalue weighted by molar-refractivity contribution is 7.09. The van der Waals surface area contributed by atoms with E-state index in [-0.39, 0.29) is 0 Å². The van der Waals surface area contributed by atoms with E-state index in [4.69, 9.17) is 16.3 Å². The fourth-order valence-corrected chi connectivity index (χ4v) is 1.86. The molecule has 1 heterocycles. The molecule has 1 aromatic carbocycles. The number of halogens is 1. The Hall–Kier alpha value is -1.06. The molecule has 2 aromatic rings. The lowest BCUT2D eigenvalue weighted by Crippen LogP contribution is -1.94. The van der Waals surface area contributed by atoms with Gasteiger partial charge in [-0.05, 0) is 24.6 Å². The predicted octanol–water partition coefficient (Wildman–Crippen LogP) is 3.68. The van der Waals surface area contributed by atoms with Gasteiger partial charge in [-0.25, -0.2) is 0 Å². The third kappa shape index (κ3) is 2.70. The van der Waals surface area contributed by atoms with Gasteiger partial charge in [0.05, 0.1) is 10.4 Å². The molecule has 0 spiro atoms. The maximum absolute atomic E-state index is 5.89. The molecule has 2 nitrogen and oxygen atoms in total. The Morgan fingerprint density at radius 2 is 2.33 bits per heavy atom. The monoisotopic (exact) mass is 239 g/mol. The zero-order chi connectivity index (χ0) is 10.7. The molecule has 0 aliphatic rings. The SMILES string of the molecule is Cc1ccc(Cl)cc1OCc1cncs1. The van der Waals surface area contributed by atoms with E-state index in [9.17, 15) is 0 Å². The molecule has 0 fully saturated rings. The smallest absolute Gasteiger partial charge is 0.124 e. The minimum absolute atomic E-state index is 0.547. The van der Waals surface area contributed by atoms with Gasteiger partial charge in [0.2, 0.25) is 0 Å². The number of ether oxygens (including phenoxy) is 1. The van der Waals surface area contributed by atoms with Gasteiger partial charge in [-0.1, -0.05) is 17.7 Å². The molecule has 0 atom stereocenters. The first-order valence-electron chi connectivity index (χ1n) is 4.52. The number of hydrogen-bond donors (Lipinski definition) is 0. The molecule has 4 heteroatoms. The Bertz CT molecular complexity index is 442. The highest BCUT2D eigenvalue weighted by Gasteiger charge is 2.01. The van der Waals surface area contributed by atoms with E-state index in [1.165, 1.54) is 0 Å². The van der Waals surface area contributed by atoms with E-state index in [1.54, 1.807) is 16.8 Å². The Morgan fingerprint density at radius 3 is 3.07 bits per heavy atom. The molecule has 78 valence electrons. The molecule has 2 rings (SSSR count). The number of rotatable bonds is 3. The van der Waals surface area contributed by atoms with Gasteiger partial charge in [0.25, 0.3) is 0 Å². The summed E-state index contributed by atoms with van der Waals surface area (Å²) in [4.78, 5) is 5.09. The fourth-order valence-electron chi connectivity index (χ4n) is 1.19. The van der Waals surface area contributed by atoms with Crippen LogP contribution in [0.2, 0.25) is 5.02 Å². The summed E-state index contributed by atoms with van der Waals surface area (Å²) in [7, 11) is 0. The number of benzene rings is 1. The Kier molecular flexibility index (Phi) is 3.23. The largest absolute Gasteiger partial charge is 0.488 e. The van der Waals surface area contributed by atoms with Crippen LogP contribution < -0.4 is 4.74 Å². The third-order valence-electron chi connectivity index (χ3n) is 2.00. The lowest BCUT2D eigenvalue weighted by Gasteiger charge is -2.07. The summed E-state index contributed by atoms with van der Waals surface area (Å²) in [6.07, 6.45) is 1.81. The Balaban J connectivity index is 2.07. The molecule has 15 heavy (non-hydrogen) atoms. The van der Waals surface area contributed by atoms with Crippen molar-refractivity contribution in [3.8, 4) is 5.75 Å². The maximum Gasteiger partial charge on any atom is 0.124 e. The van der Waals surface area contributed by atoms with Gasteiger partial charge in [-0.3, -0.25) is 4.98 Å². The van der Waals surface area contributed by atoms with Crippen LogP contribution >= 0.6 is 22.9 Å². The molecule has 0 bridgehead atoms. The van der Waals surface area contributed by atoms with Crippen molar-refractivity contribution in [2.45, 2.75) is 13.5 Å². The topological polar surface area (TPSA) is 22.1 Å². The number of thiazole rings is 1. The second-order valence-electron chi connectivity index (χ2n) is 3.17. The van der Waals surface area contributed by atoms with E-state index in [2.05, 4.69) is 4.98 Å². The standard InChI is InChI=1S/C11H10ClNOS/c1-8-2-3-9(12)4-11(8)14-6-10-5-13-7-15-10/h2-5,7H,6H2,1H3. The van der Waals surface area contributed by atoms with Crippen molar-refractivity contribution < 1.29 is 4.74 Å². The number of nitrogens with zero attached hydrogens (tertiary/aromatic N) is 1. The lowest BCUT2D eigenvalue weighted by molar-refractivity contribution is 0.307.